The molecular weight excluding hydrogens is 394 g/mol. The fraction of sp³-hybridized carbons (Fsp3) is 0.143. The minimum absolute atomic E-state index is 0.0281. The molecule has 0 spiro atoms. The summed E-state index contributed by atoms with van der Waals surface area (Å²) in [6, 6.07) is 13.0. The quantitative estimate of drug-likeness (QED) is 0.744. The number of carboxylic acid groups (broad SMARTS) is 1. The van der Waals surface area contributed by atoms with E-state index in [1.54, 1.807) is 24.3 Å². The Bertz CT molecular complexity index is 1140. The molecular formula is C21H17NO6S. The van der Waals surface area contributed by atoms with Crippen molar-refractivity contribution in [1.29, 1.82) is 0 Å². The molecule has 2 aliphatic rings. The van der Waals surface area contributed by atoms with E-state index in [4.69, 9.17) is 5.11 Å². The second kappa shape index (κ2) is 6.98. The van der Waals surface area contributed by atoms with Crippen LogP contribution in [0.25, 0.3) is 5.57 Å². The Balaban J connectivity index is 1.81. The molecule has 8 heteroatoms. The summed E-state index contributed by atoms with van der Waals surface area (Å²) in [5.74, 6) is -2.45. The van der Waals surface area contributed by atoms with Gasteiger partial charge in [0.25, 0.3) is 10.0 Å². The minimum Gasteiger partial charge on any atom is -0.478 e. The van der Waals surface area contributed by atoms with Gasteiger partial charge in [0, 0.05) is 6.20 Å². The molecule has 7 nitrogen and oxygen atoms in total. The van der Waals surface area contributed by atoms with Gasteiger partial charge in [-0.1, -0.05) is 42.5 Å². The van der Waals surface area contributed by atoms with Crippen molar-refractivity contribution in [3.8, 4) is 0 Å². The Morgan fingerprint density at radius 2 is 1.62 bits per heavy atom. The molecule has 4 rings (SSSR count). The number of hydrogen-bond acceptors (Lipinski definition) is 5. The van der Waals surface area contributed by atoms with Crippen molar-refractivity contribution < 1.29 is 28.2 Å². The van der Waals surface area contributed by atoms with Gasteiger partial charge in [-0.05, 0) is 35.4 Å². The Labute approximate surface area is 167 Å². The van der Waals surface area contributed by atoms with Crippen molar-refractivity contribution in [2.75, 3.05) is 0 Å². The standard InChI is InChI=1S/C21H17NO6S/c23-18-11-10-17-19(20(18)24)16(13-4-2-1-3-5-13)12-22(17)29(27,28)15-8-6-14(7-9-15)21(25)26/h1-12,17-19,23H,(H,25,26). The lowest BCUT2D eigenvalue weighted by atomic mass is 9.81. The highest BCUT2D eigenvalue weighted by atomic mass is 32.2. The summed E-state index contributed by atoms with van der Waals surface area (Å²) in [6.45, 7) is 0. The van der Waals surface area contributed by atoms with Gasteiger partial charge in [0.15, 0.2) is 5.78 Å². The number of aliphatic hydroxyl groups is 1. The highest BCUT2D eigenvalue weighted by Crippen LogP contribution is 2.42. The van der Waals surface area contributed by atoms with Crippen molar-refractivity contribution in [3.05, 3.63) is 84.1 Å². The first-order chi connectivity index (χ1) is 13.8. The lowest BCUT2D eigenvalue weighted by Gasteiger charge is -2.30. The first-order valence-corrected chi connectivity index (χ1v) is 10.3. The number of sulfonamides is 1. The number of aliphatic hydroxyl groups excluding tert-OH is 1. The van der Waals surface area contributed by atoms with Crippen molar-refractivity contribution in [2.45, 2.75) is 17.0 Å². The van der Waals surface area contributed by atoms with E-state index in [0.29, 0.717) is 11.1 Å². The number of carbonyl (C=O) groups excluding carboxylic acids is 1. The van der Waals surface area contributed by atoms with E-state index >= 15 is 0 Å². The SMILES string of the molecule is O=C(O)c1ccc(S(=O)(=O)N2C=C(c3ccccc3)C3C(=O)C(O)C=CC32)cc1. The molecule has 2 N–H and O–H groups in total. The first kappa shape index (κ1) is 19.1. The zero-order chi connectivity index (χ0) is 20.8. The van der Waals surface area contributed by atoms with E-state index in [0.717, 1.165) is 4.31 Å². The van der Waals surface area contributed by atoms with Gasteiger partial charge in [0.1, 0.15) is 6.10 Å². The summed E-state index contributed by atoms with van der Waals surface area (Å²) in [7, 11) is -4.05. The fourth-order valence-electron chi connectivity index (χ4n) is 3.66. The van der Waals surface area contributed by atoms with Crippen LogP contribution in [0.3, 0.4) is 0 Å². The third kappa shape index (κ3) is 3.16. The fourth-order valence-corrected chi connectivity index (χ4v) is 5.14. The second-order valence-corrected chi connectivity index (χ2v) is 8.66. The average molecular weight is 411 g/mol. The predicted octanol–water partition coefficient (Wildman–Crippen LogP) is 1.91. The molecule has 1 aliphatic heterocycles. The molecule has 1 heterocycles. The van der Waals surface area contributed by atoms with Crippen LogP contribution in [0, 0.1) is 5.92 Å². The lowest BCUT2D eigenvalue weighted by molar-refractivity contribution is -0.128. The Hall–Kier alpha value is -3.23. The van der Waals surface area contributed by atoms with E-state index in [1.165, 1.54) is 42.6 Å². The molecule has 0 radical (unpaired) electrons. The summed E-state index contributed by atoms with van der Waals surface area (Å²) in [6.07, 6.45) is 2.94. The van der Waals surface area contributed by atoms with Crippen molar-refractivity contribution in [3.63, 3.8) is 0 Å². The van der Waals surface area contributed by atoms with E-state index in [9.17, 15) is 23.1 Å². The van der Waals surface area contributed by atoms with Gasteiger partial charge in [-0.2, -0.15) is 0 Å². The molecule has 2 aromatic carbocycles. The van der Waals surface area contributed by atoms with Crippen molar-refractivity contribution in [1.82, 2.24) is 4.31 Å². The molecule has 2 aromatic rings. The molecule has 29 heavy (non-hydrogen) atoms. The van der Waals surface area contributed by atoms with Gasteiger partial charge < -0.3 is 10.2 Å². The van der Waals surface area contributed by atoms with E-state index < -0.39 is 39.8 Å². The number of nitrogens with zero attached hydrogens (tertiary/aromatic N) is 1. The number of benzene rings is 2. The maximum absolute atomic E-state index is 13.3. The van der Waals surface area contributed by atoms with Gasteiger partial charge in [0.2, 0.25) is 0 Å². The second-order valence-electron chi connectivity index (χ2n) is 6.82. The maximum atomic E-state index is 13.3. The lowest BCUT2D eigenvalue weighted by Crippen LogP contribution is -2.43. The molecule has 1 aliphatic carbocycles. The van der Waals surface area contributed by atoms with Crippen LogP contribution in [0.4, 0.5) is 0 Å². The van der Waals surface area contributed by atoms with Crippen LogP contribution in [-0.4, -0.2) is 46.8 Å². The van der Waals surface area contributed by atoms with Gasteiger partial charge >= 0.3 is 5.97 Å². The monoisotopic (exact) mass is 411 g/mol. The van der Waals surface area contributed by atoms with Gasteiger partial charge in [-0.15, -0.1) is 0 Å². The minimum atomic E-state index is -4.05. The first-order valence-electron chi connectivity index (χ1n) is 8.85. The molecule has 0 fully saturated rings. The molecule has 0 amide bonds. The molecule has 3 atom stereocenters. The van der Waals surface area contributed by atoms with Gasteiger partial charge in [-0.25, -0.2) is 13.2 Å². The van der Waals surface area contributed by atoms with Crippen LogP contribution >= 0.6 is 0 Å². The Morgan fingerprint density at radius 3 is 2.24 bits per heavy atom. The van der Waals surface area contributed by atoms with Crippen LogP contribution in [0.2, 0.25) is 0 Å². The van der Waals surface area contributed by atoms with E-state index in [1.807, 2.05) is 6.07 Å². The number of aromatic carboxylic acids is 1. The van der Waals surface area contributed by atoms with Gasteiger partial charge in [-0.3, -0.25) is 9.10 Å². The number of fused-ring (bicyclic) bond motifs is 1. The zero-order valence-electron chi connectivity index (χ0n) is 15.0. The number of carboxylic acids is 1. The van der Waals surface area contributed by atoms with Crippen molar-refractivity contribution in [2.24, 2.45) is 5.92 Å². The summed E-state index contributed by atoms with van der Waals surface area (Å²) >= 11 is 0. The number of Topliss-reactive ketones (excluding diaryl/α,β-unsaturated/α-hetero) is 1. The largest absolute Gasteiger partial charge is 0.478 e. The van der Waals surface area contributed by atoms with Crippen molar-refractivity contribution >= 4 is 27.3 Å². The number of ketones is 1. The predicted molar refractivity (Wildman–Crippen MR) is 104 cm³/mol. The number of carbonyl (C=O) groups is 2. The Morgan fingerprint density at radius 1 is 0.966 bits per heavy atom. The Kier molecular flexibility index (Phi) is 4.60. The summed E-state index contributed by atoms with van der Waals surface area (Å²) in [5.41, 5.74) is 1.17. The molecule has 0 aromatic heterocycles. The highest BCUT2D eigenvalue weighted by molar-refractivity contribution is 7.89. The van der Waals surface area contributed by atoms with Gasteiger partial charge in [0.05, 0.1) is 22.4 Å². The smallest absolute Gasteiger partial charge is 0.335 e. The molecule has 3 unspecified atom stereocenters. The van der Waals surface area contributed by atoms with E-state index in [-0.39, 0.29) is 10.5 Å². The number of rotatable bonds is 4. The summed E-state index contributed by atoms with van der Waals surface area (Å²) < 4.78 is 27.6. The van der Waals surface area contributed by atoms with Crippen LogP contribution < -0.4 is 0 Å². The molecule has 0 saturated carbocycles. The average Bonchev–Trinajstić information content (AvgIpc) is 3.12. The zero-order valence-corrected chi connectivity index (χ0v) is 15.9. The van der Waals surface area contributed by atoms with Crippen LogP contribution in [0.15, 0.2) is 77.8 Å². The maximum Gasteiger partial charge on any atom is 0.335 e. The third-order valence-corrected chi connectivity index (χ3v) is 6.88. The summed E-state index contributed by atoms with van der Waals surface area (Å²) in [4.78, 5) is 23.6. The molecule has 0 saturated heterocycles. The van der Waals surface area contributed by atoms with Crippen LogP contribution in [0.1, 0.15) is 15.9 Å². The highest BCUT2D eigenvalue weighted by Gasteiger charge is 2.47. The van der Waals surface area contributed by atoms with E-state index in [2.05, 4.69) is 0 Å². The molecule has 148 valence electrons. The van der Waals surface area contributed by atoms with Crippen LogP contribution in [-0.2, 0) is 14.8 Å². The third-order valence-electron chi connectivity index (χ3n) is 5.11. The summed E-state index contributed by atoms with van der Waals surface area (Å²) in [5, 5.41) is 19.0. The topological polar surface area (TPSA) is 112 Å². The molecule has 0 bridgehead atoms. The normalized spacial score (nSPS) is 23.6. The van der Waals surface area contributed by atoms with Crippen LogP contribution in [0.5, 0.6) is 0 Å². The number of hydrogen-bond donors (Lipinski definition) is 2.